The zero-order valence-electron chi connectivity index (χ0n) is 15.0. The fourth-order valence-electron chi connectivity index (χ4n) is 2.93. The van der Waals surface area contributed by atoms with Gasteiger partial charge in [-0.2, -0.15) is 0 Å². The number of anilines is 1. The third kappa shape index (κ3) is 3.61. The number of nitrogens with two attached hydrogens (primary N) is 1. The molecule has 2 aromatic carbocycles. The smallest absolute Gasteiger partial charge is 0.342 e. The highest BCUT2D eigenvalue weighted by atomic mass is 35.5. The van der Waals surface area contributed by atoms with Crippen molar-refractivity contribution in [2.75, 3.05) is 19.5 Å². The molecule has 0 bridgehead atoms. The van der Waals surface area contributed by atoms with E-state index in [1.54, 1.807) is 6.20 Å². The average molecular weight is 387 g/mol. The molecular weight excluding hydrogens is 368 g/mol. The fourth-order valence-corrected chi connectivity index (χ4v) is 3.09. The van der Waals surface area contributed by atoms with Crippen LogP contribution in [0, 0.1) is 0 Å². The maximum absolute atomic E-state index is 12.6. The van der Waals surface area contributed by atoms with Gasteiger partial charge in [-0.15, -0.1) is 0 Å². The Morgan fingerprint density at radius 1 is 1.22 bits per heavy atom. The summed E-state index contributed by atoms with van der Waals surface area (Å²) < 4.78 is 10.3. The number of para-hydroxylation sites is 1. The van der Waals surface area contributed by atoms with Gasteiger partial charge in [-0.3, -0.25) is 4.79 Å². The SMILES string of the molecule is CCc1cccc2c(C(=O)COC(=O)c3cc(Cl)c(N)cc3OC)c[nH]c12. The van der Waals surface area contributed by atoms with Crippen molar-refractivity contribution in [1.29, 1.82) is 0 Å². The summed E-state index contributed by atoms with van der Waals surface area (Å²) in [6.07, 6.45) is 2.48. The van der Waals surface area contributed by atoms with Crippen LogP contribution in [0.1, 0.15) is 33.2 Å². The van der Waals surface area contributed by atoms with Gasteiger partial charge in [-0.25, -0.2) is 4.79 Å². The van der Waals surface area contributed by atoms with Crippen LogP contribution in [-0.4, -0.2) is 30.5 Å². The van der Waals surface area contributed by atoms with Gasteiger partial charge in [0.25, 0.3) is 0 Å². The van der Waals surface area contributed by atoms with Gasteiger partial charge in [0.1, 0.15) is 11.3 Å². The number of esters is 1. The number of fused-ring (bicyclic) bond motifs is 1. The molecule has 0 spiro atoms. The topological polar surface area (TPSA) is 94.4 Å². The number of nitrogen functional groups attached to an aromatic ring is 1. The normalized spacial score (nSPS) is 10.8. The molecule has 0 amide bonds. The van der Waals surface area contributed by atoms with Gasteiger partial charge in [-0.05, 0) is 18.1 Å². The molecule has 0 saturated heterocycles. The minimum Gasteiger partial charge on any atom is -0.496 e. The number of aromatic amines is 1. The van der Waals surface area contributed by atoms with Crippen LogP contribution in [0.4, 0.5) is 5.69 Å². The van der Waals surface area contributed by atoms with Gasteiger partial charge < -0.3 is 20.2 Å². The molecule has 1 aromatic heterocycles. The van der Waals surface area contributed by atoms with E-state index in [4.69, 9.17) is 26.8 Å². The van der Waals surface area contributed by atoms with E-state index >= 15 is 0 Å². The minimum atomic E-state index is -0.712. The van der Waals surface area contributed by atoms with Crippen LogP contribution in [0.5, 0.6) is 5.75 Å². The average Bonchev–Trinajstić information content (AvgIpc) is 3.11. The highest BCUT2D eigenvalue weighted by molar-refractivity contribution is 6.33. The summed E-state index contributed by atoms with van der Waals surface area (Å²) in [6, 6.07) is 8.57. The van der Waals surface area contributed by atoms with E-state index in [-0.39, 0.29) is 27.8 Å². The molecule has 6 nitrogen and oxygen atoms in total. The maximum Gasteiger partial charge on any atom is 0.342 e. The van der Waals surface area contributed by atoms with Crippen LogP contribution < -0.4 is 10.5 Å². The number of ether oxygens (including phenoxy) is 2. The van der Waals surface area contributed by atoms with Crippen LogP contribution in [0.15, 0.2) is 36.5 Å². The number of hydrogen-bond donors (Lipinski definition) is 2. The monoisotopic (exact) mass is 386 g/mol. The Morgan fingerprint density at radius 3 is 2.70 bits per heavy atom. The maximum atomic E-state index is 12.6. The molecule has 0 aliphatic carbocycles. The number of carbonyl (C=O) groups is 2. The number of carbonyl (C=O) groups excluding carboxylic acids is 2. The molecule has 27 heavy (non-hydrogen) atoms. The van der Waals surface area contributed by atoms with Crippen LogP contribution >= 0.6 is 11.6 Å². The third-order valence-electron chi connectivity index (χ3n) is 4.36. The van der Waals surface area contributed by atoms with Crippen molar-refractivity contribution in [2.45, 2.75) is 13.3 Å². The second kappa shape index (κ2) is 7.72. The lowest BCUT2D eigenvalue weighted by Gasteiger charge is -2.10. The predicted octanol–water partition coefficient (Wildman–Crippen LogP) is 4.01. The molecule has 0 fully saturated rings. The summed E-state index contributed by atoms with van der Waals surface area (Å²) in [4.78, 5) is 28.0. The number of nitrogens with one attached hydrogen (secondary N) is 1. The minimum absolute atomic E-state index is 0.108. The van der Waals surface area contributed by atoms with Gasteiger partial charge >= 0.3 is 5.97 Å². The molecule has 140 valence electrons. The standard InChI is InChI=1S/C20H19ClN2O4/c1-3-11-5-4-6-12-14(9-23-19(11)12)17(24)10-27-20(25)13-7-15(21)16(22)8-18(13)26-2/h4-9,23H,3,10,22H2,1-2H3. The van der Waals surface area contributed by atoms with E-state index in [0.29, 0.717) is 5.56 Å². The Balaban J connectivity index is 1.79. The number of Topliss-reactive ketones (excluding diaryl/α,β-unsaturated/α-hetero) is 1. The van der Waals surface area contributed by atoms with Crippen molar-refractivity contribution >= 4 is 39.9 Å². The first-order chi connectivity index (χ1) is 13.0. The van der Waals surface area contributed by atoms with Gasteiger partial charge in [0.2, 0.25) is 5.78 Å². The van der Waals surface area contributed by atoms with E-state index in [1.807, 2.05) is 25.1 Å². The second-order valence-corrected chi connectivity index (χ2v) is 6.38. The lowest BCUT2D eigenvalue weighted by atomic mass is 10.1. The molecule has 0 radical (unpaired) electrons. The summed E-state index contributed by atoms with van der Waals surface area (Å²) in [5, 5.41) is 1.02. The van der Waals surface area contributed by atoms with E-state index < -0.39 is 12.6 Å². The predicted molar refractivity (Wildman–Crippen MR) is 105 cm³/mol. The number of aromatic nitrogens is 1. The van der Waals surface area contributed by atoms with Crippen LogP contribution in [0.3, 0.4) is 0 Å². The summed E-state index contributed by atoms with van der Waals surface area (Å²) in [5.74, 6) is -0.784. The van der Waals surface area contributed by atoms with E-state index in [0.717, 1.165) is 22.9 Å². The number of hydrogen-bond acceptors (Lipinski definition) is 5. The third-order valence-corrected chi connectivity index (χ3v) is 4.68. The highest BCUT2D eigenvalue weighted by Crippen LogP contribution is 2.29. The zero-order valence-corrected chi connectivity index (χ0v) is 15.7. The van der Waals surface area contributed by atoms with Crippen LogP contribution in [0.2, 0.25) is 5.02 Å². The Labute approximate surface area is 161 Å². The number of rotatable bonds is 6. The molecule has 1 heterocycles. The number of methoxy groups -OCH3 is 1. The zero-order chi connectivity index (χ0) is 19.6. The first-order valence-electron chi connectivity index (χ1n) is 8.38. The summed E-state index contributed by atoms with van der Waals surface area (Å²) in [5.41, 5.74) is 8.61. The van der Waals surface area contributed by atoms with Crippen molar-refractivity contribution in [2.24, 2.45) is 0 Å². The Morgan fingerprint density at radius 2 is 2.00 bits per heavy atom. The van der Waals surface area contributed by atoms with Crippen molar-refractivity contribution in [3.8, 4) is 5.75 Å². The Bertz CT molecular complexity index is 1030. The van der Waals surface area contributed by atoms with E-state index in [1.165, 1.54) is 19.2 Å². The van der Waals surface area contributed by atoms with Gasteiger partial charge in [0.05, 0.1) is 17.8 Å². The molecule has 3 rings (SSSR count). The van der Waals surface area contributed by atoms with Crippen molar-refractivity contribution in [1.82, 2.24) is 4.98 Å². The summed E-state index contributed by atoms with van der Waals surface area (Å²) in [6.45, 7) is 1.65. The lowest BCUT2D eigenvalue weighted by Crippen LogP contribution is -2.15. The van der Waals surface area contributed by atoms with Gasteiger partial charge in [0, 0.05) is 28.7 Å². The summed E-state index contributed by atoms with van der Waals surface area (Å²) in [7, 11) is 1.40. The first kappa shape index (κ1) is 18.8. The largest absolute Gasteiger partial charge is 0.496 e. The molecule has 0 aliphatic heterocycles. The molecule has 3 aromatic rings. The van der Waals surface area contributed by atoms with Crippen LogP contribution in [-0.2, 0) is 11.2 Å². The van der Waals surface area contributed by atoms with Crippen molar-refractivity contribution < 1.29 is 19.1 Å². The molecule has 3 N–H and O–H groups in total. The quantitative estimate of drug-likeness (QED) is 0.379. The Kier molecular flexibility index (Phi) is 5.37. The lowest BCUT2D eigenvalue weighted by molar-refractivity contribution is 0.0472. The first-order valence-corrected chi connectivity index (χ1v) is 8.76. The van der Waals surface area contributed by atoms with E-state index in [2.05, 4.69) is 4.98 Å². The number of benzene rings is 2. The molecule has 7 heteroatoms. The fraction of sp³-hybridized carbons (Fsp3) is 0.200. The molecule has 0 unspecified atom stereocenters. The van der Waals surface area contributed by atoms with Crippen molar-refractivity contribution in [3.63, 3.8) is 0 Å². The molecule has 0 atom stereocenters. The number of ketones is 1. The molecule has 0 saturated carbocycles. The highest BCUT2D eigenvalue weighted by Gasteiger charge is 2.19. The second-order valence-electron chi connectivity index (χ2n) is 5.97. The van der Waals surface area contributed by atoms with Gasteiger partial charge in [0.15, 0.2) is 6.61 Å². The van der Waals surface area contributed by atoms with Gasteiger partial charge in [-0.1, -0.05) is 36.7 Å². The van der Waals surface area contributed by atoms with Crippen LogP contribution in [0.25, 0.3) is 10.9 Å². The number of aryl methyl sites for hydroxylation is 1. The van der Waals surface area contributed by atoms with E-state index in [9.17, 15) is 9.59 Å². The van der Waals surface area contributed by atoms with Crippen molar-refractivity contribution in [3.05, 3.63) is 58.2 Å². The Hall–Kier alpha value is -2.99. The number of halogens is 1. The number of H-pyrrole nitrogens is 1. The molecule has 0 aliphatic rings. The molecular formula is C20H19ClN2O4. The summed E-state index contributed by atoms with van der Waals surface area (Å²) >= 11 is 5.97.